The summed E-state index contributed by atoms with van der Waals surface area (Å²) in [6.45, 7) is 4.00. The molecule has 2 N–H and O–H groups in total. The van der Waals surface area contributed by atoms with Crippen molar-refractivity contribution in [1.29, 1.82) is 0 Å². The minimum absolute atomic E-state index is 0.0496. The molecule has 0 fully saturated rings. The molecule has 1 heterocycles. The lowest BCUT2D eigenvalue weighted by Gasteiger charge is -2.05. The minimum atomic E-state index is -0.671. The van der Waals surface area contributed by atoms with E-state index in [4.69, 9.17) is 0 Å². The van der Waals surface area contributed by atoms with Gasteiger partial charge in [0.2, 0.25) is 5.88 Å². The Morgan fingerprint density at radius 3 is 2.40 bits per heavy atom. The Kier molecular flexibility index (Phi) is 7.26. The number of carbonyl (C=O) groups excluding carboxylic acids is 1. The van der Waals surface area contributed by atoms with Crippen LogP contribution in [0, 0.1) is 10.1 Å². The predicted octanol–water partition coefficient (Wildman–Crippen LogP) is 1.72. The van der Waals surface area contributed by atoms with Gasteiger partial charge in [0.25, 0.3) is 11.2 Å². The molecule has 1 aromatic heterocycles. The number of ether oxygens (including phenoxy) is 1. The van der Waals surface area contributed by atoms with Crippen molar-refractivity contribution in [3.05, 3.63) is 61.7 Å². The lowest BCUT2D eigenvalue weighted by molar-refractivity contribution is -0.384. The number of aromatic amines is 1. The second kappa shape index (κ2) is 9.16. The molecule has 0 spiro atoms. The van der Waals surface area contributed by atoms with E-state index in [1.54, 1.807) is 0 Å². The first-order chi connectivity index (χ1) is 11.9. The summed E-state index contributed by atoms with van der Waals surface area (Å²) in [4.78, 5) is 39.4. The number of carbonyl (C=O) groups is 1. The van der Waals surface area contributed by atoms with Crippen molar-refractivity contribution in [2.45, 2.75) is 26.7 Å². The highest BCUT2D eigenvalue weighted by atomic mass is 16.6. The van der Waals surface area contributed by atoms with Crippen LogP contribution in [-0.4, -0.2) is 33.1 Å². The van der Waals surface area contributed by atoms with Crippen LogP contribution in [-0.2, 0) is 22.4 Å². The Labute approximate surface area is 143 Å². The zero-order valence-electron chi connectivity index (χ0n) is 14.1. The number of H-pyrrole nitrogens is 1. The van der Waals surface area contributed by atoms with E-state index in [1.165, 1.54) is 31.4 Å². The van der Waals surface area contributed by atoms with E-state index < -0.39 is 22.3 Å². The summed E-state index contributed by atoms with van der Waals surface area (Å²) in [6.07, 6.45) is -0.220. The molecule has 0 bridgehead atoms. The van der Waals surface area contributed by atoms with Gasteiger partial charge in [0.1, 0.15) is 5.82 Å². The SMILES string of the molecule is CC.COC(=O)Cc1c(O)nc(Cc2ccc([N+](=O)[O-])cc2)[nH]c1=O. The lowest BCUT2D eigenvalue weighted by Crippen LogP contribution is -2.20. The fraction of sp³-hybridized carbons (Fsp3) is 0.312. The number of nitrogens with one attached hydrogen (secondary N) is 1. The zero-order valence-corrected chi connectivity index (χ0v) is 14.1. The minimum Gasteiger partial charge on any atom is -0.493 e. The Bertz CT molecular complexity index is 799. The van der Waals surface area contributed by atoms with Gasteiger partial charge in [-0.2, -0.15) is 4.98 Å². The third-order valence-corrected chi connectivity index (χ3v) is 3.11. The molecule has 0 aliphatic carbocycles. The molecule has 2 rings (SSSR count). The second-order valence-corrected chi connectivity index (χ2v) is 4.67. The van der Waals surface area contributed by atoms with Crippen LogP contribution in [0.5, 0.6) is 5.88 Å². The van der Waals surface area contributed by atoms with Crippen LogP contribution in [0.25, 0.3) is 0 Å². The topological polar surface area (TPSA) is 135 Å². The summed E-state index contributed by atoms with van der Waals surface area (Å²) in [6, 6.07) is 5.72. The molecule has 25 heavy (non-hydrogen) atoms. The summed E-state index contributed by atoms with van der Waals surface area (Å²) in [5, 5.41) is 20.4. The molecule has 134 valence electrons. The second-order valence-electron chi connectivity index (χ2n) is 4.67. The highest BCUT2D eigenvalue weighted by Gasteiger charge is 2.15. The van der Waals surface area contributed by atoms with E-state index in [0.29, 0.717) is 5.56 Å². The quantitative estimate of drug-likeness (QED) is 0.476. The average molecular weight is 349 g/mol. The third-order valence-electron chi connectivity index (χ3n) is 3.11. The third kappa shape index (κ3) is 5.41. The molecule has 0 aliphatic rings. The first-order valence-electron chi connectivity index (χ1n) is 7.52. The highest BCUT2D eigenvalue weighted by molar-refractivity contribution is 5.72. The maximum absolute atomic E-state index is 11.9. The number of aromatic hydroxyl groups is 1. The average Bonchev–Trinajstić information content (AvgIpc) is 2.60. The maximum atomic E-state index is 11.9. The van der Waals surface area contributed by atoms with Crippen LogP contribution in [0.15, 0.2) is 29.1 Å². The first-order valence-corrected chi connectivity index (χ1v) is 7.52. The summed E-state index contributed by atoms with van der Waals surface area (Å²) in [7, 11) is 1.17. The number of nitrogens with zero attached hydrogens (tertiary/aromatic N) is 2. The standard InChI is InChI=1S/C14H13N3O6.C2H6/c1-23-12(18)7-10-13(19)15-11(16-14(10)20)6-8-2-4-9(5-3-8)17(21)22;1-2/h2-5H,6-7H2,1H3,(H2,15,16,19,20);1-2H3. The van der Waals surface area contributed by atoms with Crippen molar-refractivity contribution in [1.82, 2.24) is 9.97 Å². The smallest absolute Gasteiger partial charge is 0.310 e. The number of esters is 1. The molecule has 1 aromatic carbocycles. The van der Waals surface area contributed by atoms with E-state index in [0.717, 1.165) is 0 Å². The summed E-state index contributed by atoms with van der Waals surface area (Å²) >= 11 is 0. The Morgan fingerprint density at radius 1 is 1.32 bits per heavy atom. The molecule has 0 atom stereocenters. The number of benzene rings is 1. The number of nitro benzene ring substituents is 1. The zero-order chi connectivity index (χ0) is 19.0. The van der Waals surface area contributed by atoms with Crippen molar-refractivity contribution < 1.29 is 19.6 Å². The molecule has 9 nitrogen and oxygen atoms in total. The maximum Gasteiger partial charge on any atom is 0.310 e. The number of nitro groups is 1. The van der Waals surface area contributed by atoms with E-state index in [9.17, 15) is 24.8 Å². The lowest BCUT2D eigenvalue weighted by atomic mass is 10.1. The van der Waals surface area contributed by atoms with Gasteiger partial charge in [-0.15, -0.1) is 0 Å². The van der Waals surface area contributed by atoms with Crippen molar-refractivity contribution in [2.24, 2.45) is 0 Å². The van der Waals surface area contributed by atoms with E-state index in [2.05, 4.69) is 14.7 Å². The van der Waals surface area contributed by atoms with Gasteiger partial charge in [0.15, 0.2) is 0 Å². The van der Waals surface area contributed by atoms with E-state index >= 15 is 0 Å². The number of non-ortho nitro benzene ring substituents is 1. The summed E-state index contributed by atoms with van der Waals surface area (Å²) in [5.41, 5.74) is -0.200. The fourth-order valence-electron chi connectivity index (χ4n) is 1.92. The van der Waals surface area contributed by atoms with Gasteiger partial charge in [0, 0.05) is 18.6 Å². The number of rotatable bonds is 5. The molecule has 2 aromatic rings. The van der Waals surface area contributed by atoms with E-state index in [-0.39, 0.29) is 29.9 Å². The van der Waals surface area contributed by atoms with Crippen LogP contribution in [0.4, 0.5) is 5.69 Å². The fourth-order valence-corrected chi connectivity index (χ4v) is 1.92. The number of hydrogen-bond acceptors (Lipinski definition) is 7. The summed E-state index contributed by atoms with van der Waals surface area (Å²) in [5.74, 6) is -1.04. The van der Waals surface area contributed by atoms with Crippen molar-refractivity contribution >= 4 is 11.7 Å². The largest absolute Gasteiger partial charge is 0.493 e. The molecule has 0 aliphatic heterocycles. The Hall–Kier alpha value is -3.23. The van der Waals surface area contributed by atoms with Crippen molar-refractivity contribution in [2.75, 3.05) is 7.11 Å². The summed E-state index contributed by atoms with van der Waals surface area (Å²) < 4.78 is 4.43. The molecule has 9 heteroatoms. The molecule has 0 radical (unpaired) electrons. The van der Waals surface area contributed by atoms with Crippen LogP contribution in [0.3, 0.4) is 0 Å². The van der Waals surface area contributed by atoms with Gasteiger partial charge in [0.05, 0.1) is 24.0 Å². The molecule has 0 unspecified atom stereocenters. The highest BCUT2D eigenvalue weighted by Crippen LogP contribution is 2.15. The van der Waals surface area contributed by atoms with Gasteiger partial charge in [-0.1, -0.05) is 26.0 Å². The van der Waals surface area contributed by atoms with Crippen molar-refractivity contribution in [3.63, 3.8) is 0 Å². The normalized spacial score (nSPS) is 9.72. The van der Waals surface area contributed by atoms with Crippen LogP contribution in [0.2, 0.25) is 0 Å². The van der Waals surface area contributed by atoms with Crippen LogP contribution >= 0.6 is 0 Å². The molecule has 0 saturated carbocycles. The molecular weight excluding hydrogens is 330 g/mol. The van der Waals surface area contributed by atoms with E-state index in [1.807, 2.05) is 13.8 Å². The predicted molar refractivity (Wildman–Crippen MR) is 89.5 cm³/mol. The van der Waals surface area contributed by atoms with Crippen LogP contribution < -0.4 is 5.56 Å². The van der Waals surface area contributed by atoms with Gasteiger partial charge < -0.3 is 14.8 Å². The number of methoxy groups -OCH3 is 1. The molecular formula is C16H19N3O6. The molecule has 0 amide bonds. The molecule has 0 saturated heterocycles. The number of aromatic nitrogens is 2. The monoisotopic (exact) mass is 349 g/mol. The van der Waals surface area contributed by atoms with Gasteiger partial charge >= 0.3 is 5.97 Å². The van der Waals surface area contributed by atoms with Gasteiger partial charge in [-0.25, -0.2) is 0 Å². The Balaban J connectivity index is 0.00000151. The van der Waals surface area contributed by atoms with Gasteiger partial charge in [-0.05, 0) is 5.56 Å². The first kappa shape index (κ1) is 19.8. The van der Waals surface area contributed by atoms with Gasteiger partial charge in [-0.3, -0.25) is 19.7 Å². The van der Waals surface area contributed by atoms with Crippen molar-refractivity contribution in [3.8, 4) is 5.88 Å². The van der Waals surface area contributed by atoms with Crippen LogP contribution in [0.1, 0.15) is 30.8 Å². The Morgan fingerprint density at radius 2 is 1.92 bits per heavy atom. The number of hydrogen-bond donors (Lipinski definition) is 2.